The third-order valence-corrected chi connectivity index (χ3v) is 2.51. The highest BCUT2D eigenvalue weighted by Crippen LogP contribution is 2.22. The fraction of sp³-hybridized carbons (Fsp3) is 0.182. The van der Waals surface area contributed by atoms with Crippen LogP contribution in [0.2, 0.25) is 0 Å². The summed E-state index contributed by atoms with van der Waals surface area (Å²) in [6, 6.07) is 7.60. The van der Waals surface area contributed by atoms with Gasteiger partial charge in [0.2, 0.25) is 0 Å². The van der Waals surface area contributed by atoms with Crippen molar-refractivity contribution in [1.82, 2.24) is 0 Å². The lowest BCUT2D eigenvalue weighted by molar-refractivity contribution is -0.137. The van der Waals surface area contributed by atoms with Gasteiger partial charge in [0.05, 0.1) is 6.42 Å². The largest absolute Gasteiger partial charge is 0.481 e. The number of hydrogen-bond acceptors (Lipinski definition) is 1. The van der Waals surface area contributed by atoms with Crippen molar-refractivity contribution in [3.05, 3.63) is 47.0 Å². The number of benzene rings is 1. The maximum Gasteiger partial charge on any atom is 0.304 e. The molecule has 0 aliphatic rings. The molecule has 0 aromatic heterocycles. The fourth-order valence-electron chi connectivity index (χ4n) is 1.24. The molecule has 3 heteroatoms. The first-order valence-electron chi connectivity index (χ1n) is 4.23. The number of hydrogen-bond donors (Lipinski definition) is 1. The first kappa shape index (κ1) is 11.0. The second-order valence-electron chi connectivity index (χ2n) is 2.99. The van der Waals surface area contributed by atoms with Crippen LogP contribution < -0.4 is 0 Å². The Morgan fingerprint density at radius 3 is 2.50 bits per heavy atom. The maximum absolute atomic E-state index is 10.6. The first-order valence-corrected chi connectivity index (χ1v) is 5.02. The standard InChI is InChI=1S/C11H11BrO2/c1-2-8(7-11(13)14)9-3-5-10(12)6-4-9/h2-6,8H,1,7H2,(H,13,14)/t8-/m1/s1. The van der Waals surface area contributed by atoms with E-state index in [0.717, 1.165) is 10.0 Å². The van der Waals surface area contributed by atoms with E-state index in [4.69, 9.17) is 5.11 Å². The van der Waals surface area contributed by atoms with E-state index in [1.54, 1.807) is 6.08 Å². The molecule has 1 rings (SSSR count). The monoisotopic (exact) mass is 254 g/mol. The van der Waals surface area contributed by atoms with Gasteiger partial charge in [-0.2, -0.15) is 0 Å². The van der Waals surface area contributed by atoms with E-state index in [9.17, 15) is 4.79 Å². The van der Waals surface area contributed by atoms with Gasteiger partial charge in [-0.1, -0.05) is 34.1 Å². The lowest BCUT2D eigenvalue weighted by Crippen LogP contribution is -2.03. The molecule has 0 fully saturated rings. The van der Waals surface area contributed by atoms with Gasteiger partial charge in [0, 0.05) is 10.4 Å². The minimum absolute atomic E-state index is 0.0884. The summed E-state index contributed by atoms with van der Waals surface area (Å²) in [5.74, 6) is -0.918. The lowest BCUT2D eigenvalue weighted by atomic mass is 9.96. The molecule has 14 heavy (non-hydrogen) atoms. The predicted molar refractivity (Wildman–Crippen MR) is 59.3 cm³/mol. The van der Waals surface area contributed by atoms with E-state index < -0.39 is 5.97 Å². The molecular weight excluding hydrogens is 244 g/mol. The molecule has 0 radical (unpaired) electrons. The molecule has 1 N–H and O–H groups in total. The van der Waals surface area contributed by atoms with Crippen LogP contribution in [0.3, 0.4) is 0 Å². The Kier molecular flexibility index (Phi) is 3.89. The van der Waals surface area contributed by atoms with Crippen molar-refractivity contribution in [1.29, 1.82) is 0 Å². The van der Waals surface area contributed by atoms with Crippen molar-refractivity contribution >= 4 is 21.9 Å². The fourth-order valence-corrected chi connectivity index (χ4v) is 1.50. The molecule has 0 unspecified atom stereocenters. The van der Waals surface area contributed by atoms with Crippen molar-refractivity contribution in [2.75, 3.05) is 0 Å². The molecule has 0 spiro atoms. The van der Waals surface area contributed by atoms with E-state index in [2.05, 4.69) is 22.5 Å². The molecule has 0 aliphatic heterocycles. The topological polar surface area (TPSA) is 37.3 Å². The van der Waals surface area contributed by atoms with E-state index in [0.29, 0.717) is 0 Å². The molecular formula is C11H11BrO2. The molecule has 0 aliphatic carbocycles. The third-order valence-electron chi connectivity index (χ3n) is 1.98. The molecule has 0 saturated carbocycles. The number of carboxylic acids is 1. The molecule has 1 aromatic carbocycles. The molecule has 0 amide bonds. The van der Waals surface area contributed by atoms with Crippen molar-refractivity contribution < 1.29 is 9.90 Å². The van der Waals surface area contributed by atoms with Gasteiger partial charge in [-0.15, -0.1) is 6.58 Å². The van der Waals surface area contributed by atoms with Gasteiger partial charge >= 0.3 is 5.97 Å². The predicted octanol–water partition coefficient (Wildman–Crippen LogP) is 3.19. The van der Waals surface area contributed by atoms with Crippen LogP contribution >= 0.6 is 15.9 Å². The summed E-state index contributed by atoms with van der Waals surface area (Å²) in [6.07, 6.45) is 1.75. The molecule has 0 heterocycles. The summed E-state index contributed by atoms with van der Waals surface area (Å²) >= 11 is 3.33. The zero-order chi connectivity index (χ0) is 10.6. The van der Waals surface area contributed by atoms with Crippen LogP contribution in [0.25, 0.3) is 0 Å². The Balaban J connectivity index is 2.84. The highest BCUT2D eigenvalue weighted by atomic mass is 79.9. The Morgan fingerprint density at radius 2 is 2.07 bits per heavy atom. The van der Waals surface area contributed by atoms with Gasteiger partial charge < -0.3 is 5.11 Å². The Labute approximate surface area is 91.4 Å². The smallest absolute Gasteiger partial charge is 0.304 e. The number of aliphatic carboxylic acids is 1. The summed E-state index contributed by atoms with van der Waals surface area (Å²) in [6.45, 7) is 3.64. The van der Waals surface area contributed by atoms with Crippen molar-refractivity contribution in [2.45, 2.75) is 12.3 Å². The van der Waals surface area contributed by atoms with Crippen LogP contribution in [-0.2, 0) is 4.79 Å². The minimum atomic E-state index is -0.808. The van der Waals surface area contributed by atoms with Gasteiger partial charge in [-0.05, 0) is 17.7 Å². The lowest BCUT2D eigenvalue weighted by Gasteiger charge is -2.09. The van der Waals surface area contributed by atoms with Crippen LogP contribution in [0.15, 0.2) is 41.4 Å². The third kappa shape index (κ3) is 3.00. The summed E-state index contributed by atoms with van der Waals surface area (Å²) in [7, 11) is 0. The zero-order valence-electron chi connectivity index (χ0n) is 7.61. The van der Waals surface area contributed by atoms with Crippen LogP contribution in [0.4, 0.5) is 0 Å². The minimum Gasteiger partial charge on any atom is -0.481 e. The number of carboxylic acid groups (broad SMARTS) is 1. The second-order valence-corrected chi connectivity index (χ2v) is 3.91. The maximum atomic E-state index is 10.6. The Bertz CT molecular complexity index is 330. The van der Waals surface area contributed by atoms with Crippen molar-refractivity contribution in [3.8, 4) is 0 Å². The number of rotatable bonds is 4. The molecule has 2 nitrogen and oxygen atoms in total. The van der Waals surface area contributed by atoms with Crippen LogP contribution in [-0.4, -0.2) is 11.1 Å². The normalized spacial score (nSPS) is 12.1. The van der Waals surface area contributed by atoms with Crippen molar-refractivity contribution in [3.63, 3.8) is 0 Å². The summed E-state index contributed by atoms with van der Waals surface area (Å²) < 4.78 is 0.986. The van der Waals surface area contributed by atoms with E-state index in [-0.39, 0.29) is 12.3 Å². The quantitative estimate of drug-likeness (QED) is 0.839. The number of allylic oxidation sites excluding steroid dienone is 1. The average Bonchev–Trinajstić information content (AvgIpc) is 2.15. The molecule has 74 valence electrons. The van der Waals surface area contributed by atoms with Gasteiger partial charge in [0.15, 0.2) is 0 Å². The highest BCUT2D eigenvalue weighted by Gasteiger charge is 2.11. The van der Waals surface area contributed by atoms with Crippen molar-refractivity contribution in [2.24, 2.45) is 0 Å². The number of halogens is 1. The van der Waals surface area contributed by atoms with Gasteiger partial charge in [-0.25, -0.2) is 0 Å². The zero-order valence-corrected chi connectivity index (χ0v) is 9.20. The number of carbonyl (C=O) groups is 1. The molecule has 0 saturated heterocycles. The van der Waals surface area contributed by atoms with E-state index in [1.165, 1.54) is 0 Å². The SMILES string of the molecule is C=C[C@H](CC(=O)O)c1ccc(Br)cc1. The Hall–Kier alpha value is -1.09. The summed E-state index contributed by atoms with van der Waals surface area (Å²) in [4.78, 5) is 10.6. The molecule has 0 bridgehead atoms. The Morgan fingerprint density at radius 1 is 1.50 bits per heavy atom. The average molecular weight is 255 g/mol. The van der Waals surface area contributed by atoms with Gasteiger partial charge in [0.25, 0.3) is 0 Å². The van der Waals surface area contributed by atoms with E-state index in [1.807, 2.05) is 24.3 Å². The van der Waals surface area contributed by atoms with Crippen LogP contribution in [0.5, 0.6) is 0 Å². The summed E-state index contributed by atoms with van der Waals surface area (Å²) in [5, 5.41) is 8.67. The summed E-state index contributed by atoms with van der Waals surface area (Å²) in [5.41, 5.74) is 0.977. The van der Waals surface area contributed by atoms with Gasteiger partial charge in [-0.3, -0.25) is 4.79 Å². The molecule has 1 atom stereocenters. The second kappa shape index (κ2) is 4.96. The molecule has 1 aromatic rings. The first-order chi connectivity index (χ1) is 6.63. The van der Waals surface area contributed by atoms with Gasteiger partial charge in [0.1, 0.15) is 0 Å². The van der Waals surface area contributed by atoms with Crippen LogP contribution in [0.1, 0.15) is 17.9 Å². The van der Waals surface area contributed by atoms with E-state index >= 15 is 0 Å². The highest BCUT2D eigenvalue weighted by molar-refractivity contribution is 9.10. The van der Waals surface area contributed by atoms with Crippen LogP contribution in [0, 0.1) is 0 Å².